The van der Waals surface area contributed by atoms with E-state index in [1.54, 1.807) is 25.3 Å². The van der Waals surface area contributed by atoms with Crippen LogP contribution in [0.25, 0.3) is 0 Å². The fourth-order valence-corrected chi connectivity index (χ4v) is 2.40. The summed E-state index contributed by atoms with van der Waals surface area (Å²) >= 11 is 0. The summed E-state index contributed by atoms with van der Waals surface area (Å²) in [6, 6.07) is 7.63. The van der Waals surface area contributed by atoms with Gasteiger partial charge in [-0.15, -0.1) is 0 Å². The van der Waals surface area contributed by atoms with E-state index in [0.29, 0.717) is 24.3 Å². The normalized spacial score (nSPS) is 11.7. The molecule has 24 heavy (non-hydrogen) atoms. The van der Waals surface area contributed by atoms with Crippen molar-refractivity contribution >= 4 is 6.03 Å². The minimum atomic E-state index is -0.512. The fraction of sp³-hybridized carbons (Fsp3) is 0.333. The summed E-state index contributed by atoms with van der Waals surface area (Å²) in [4.78, 5) is 16.2. The third kappa shape index (κ3) is 4.68. The second-order valence-corrected chi connectivity index (χ2v) is 5.54. The third-order valence-corrected chi connectivity index (χ3v) is 3.69. The first kappa shape index (κ1) is 17.7. The number of nitrogens with zero attached hydrogens (tertiary/aromatic N) is 1. The molecular weight excluding hydrogens is 309 g/mol. The summed E-state index contributed by atoms with van der Waals surface area (Å²) in [5.41, 5.74) is 2.33. The highest BCUT2D eigenvalue weighted by atomic mass is 19.1. The largest absolute Gasteiger partial charge is 0.496 e. The number of rotatable bonds is 6. The molecule has 1 aromatic carbocycles. The Balaban J connectivity index is 1.87. The van der Waals surface area contributed by atoms with Gasteiger partial charge in [-0.25, -0.2) is 9.18 Å². The Bertz CT molecular complexity index is 689. The monoisotopic (exact) mass is 331 g/mol. The first-order valence-electron chi connectivity index (χ1n) is 7.79. The van der Waals surface area contributed by atoms with E-state index in [-0.39, 0.29) is 6.03 Å². The highest BCUT2D eigenvalue weighted by Crippen LogP contribution is 2.27. The average molecular weight is 331 g/mol. The molecule has 2 aromatic rings. The SMILES string of the molecule is COc1cccc(F)c1C(C)NC(=O)NCCc1ccc(C)nc1. The molecule has 0 saturated carbocycles. The molecule has 5 nitrogen and oxygen atoms in total. The molecule has 0 radical (unpaired) electrons. The number of aromatic nitrogens is 1. The Morgan fingerprint density at radius 1 is 1.33 bits per heavy atom. The van der Waals surface area contributed by atoms with Crippen LogP contribution in [0.4, 0.5) is 9.18 Å². The Morgan fingerprint density at radius 2 is 2.12 bits per heavy atom. The number of carbonyl (C=O) groups is 1. The first-order valence-corrected chi connectivity index (χ1v) is 7.79. The molecule has 1 unspecified atom stereocenters. The number of methoxy groups -OCH3 is 1. The van der Waals surface area contributed by atoms with E-state index in [0.717, 1.165) is 11.3 Å². The van der Waals surface area contributed by atoms with E-state index in [9.17, 15) is 9.18 Å². The summed E-state index contributed by atoms with van der Waals surface area (Å²) in [5.74, 6) is 0.00131. The summed E-state index contributed by atoms with van der Waals surface area (Å²) in [7, 11) is 1.47. The first-order chi connectivity index (χ1) is 11.5. The summed E-state index contributed by atoms with van der Waals surface area (Å²) in [6.07, 6.45) is 2.47. The van der Waals surface area contributed by atoms with Crippen molar-refractivity contribution in [2.45, 2.75) is 26.3 Å². The number of pyridine rings is 1. The second-order valence-electron chi connectivity index (χ2n) is 5.54. The molecule has 0 aliphatic carbocycles. The van der Waals surface area contributed by atoms with Crippen LogP contribution in [0.2, 0.25) is 0 Å². The van der Waals surface area contributed by atoms with Crippen LogP contribution < -0.4 is 15.4 Å². The number of hydrogen-bond donors (Lipinski definition) is 2. The number of carbonyl (C=O) groups excluding carboxylic acids is 1. The predicted octanol–water partition coefficient (Wildman–Crippen LogP) is 3.14. The molecule has 0 aliphatic heterocycles. The summed E-state index contributed by atoms with van der Waals surface area (Å²) in [6.45, 7) is 4.11. The summed E-state index contributed by atoms with van der Waals surface area (Å²) < 4.78 is 19.1. The van der Waals surface area contributed by atoms with Crippen molar-refractivity contribution in [3.63, 3.8) is 0 Å². The van der Waals surface area contributed by atoms with Crippen LogP contribution in [0, 0.1) is 12.7 Å². The number of hydrogen-bond acceptors (Lipinski definition) is 3. The Morgan fingerprint density at radius 3 is 2.79 bits per heavy atom. The van der Waals surface area contributed by atoms with Gasteiger partial charge in [-0.3, -0.25) is 4.98 Å². The highest BCUT2D eigenvalue weighted by Gasteiger charge is 2.18. The highest BCUT2D eigenvalue weighted by molar-refractivity contribution is 5.74. The maximum Gasteiger partial charge on any atom is 0.315 e. The van der Waals surface area contributed by atoms with Crippen LogP contribution in [-0.2, 0) is 6.42 Å². The number of urea groups is 1. The molecule has 0 bridgehead atoms. The maximum absolute atomic E-state index is 14.0. The minimum Gasteiger partial charge on any atom is -0.496 e. The number of ether oxygens (including phenoxy) is 1. The van der Waals surface area contributed by atoms with Crippen LogP contribution >= 0.6 is 0 Å². The standard InChI is InChI=1S/C18H22FN3O2/c1-12-7-8-14(11-21-12)9-10-20-18(23)22-13(2)17-15(19)5-4-6-16(17)24-3/h4-8,11,13H,9-10H2,1-3H3,(H2,20,22,23). The molecular formula is C18H22FN3O2. The molecule has 0 fully saturated rings. The number of aryl methyl sites for hydroxylation is 1. The van der Waals surface area contributed by atoms with E-state index in [2.05, 4.69) is 15.6 Å². The molecule has 2 rings (SSSR count). The van der Waals surface area contributed by atoms with Gasteiger partial charge in [0.25, 0.3) is 0 Å². The van der Waals surface area contributed by atoms with Crippen LogP contribution in [0.15, 0.2) is 36.5 Å². The van der Waals surface area contributed by atoms with Crippen molar-refractivity contribution in [3.05, 3.63) is 59.2 Å². The van der Waals surface area contributed by atoms with Gasteiger partial charge in [-0.2, -0.15) is 0 Å². The molecule has 2 N–H and O–H groups in total. The van der Waals surface area contributed by atoms with E-state index in [1.807, 2.05) is 19.1 Å². The lowest BCUT2D eigenvalue weighted by molar-refractivity contribution is 0.237. The molecule has 0 spiro atoms. The van der Waals surface area contributed by atoms with Crippen molar-refractivity contribution in [2.75, 3.05) is 13.7 Å². The zero-order valence-corrected chi connectivity index (χ0v) is 14.1. The van der Waals surface area contributed by atoms with Gasteiger partial charge < -0.3 is 15.4 Å². The Hall–Kier alpha value is -2.63. The number of amides is 2. The predicted molar refractivity (Wildman–Crippen MR) is 90.6 cm³/mol. The van der Waals surface area contributed by atoms with E-state index >= 15 is 0 Å². The lowest BCUT2D eigenvalue weighted by atomic mass is 10.1. The van der Waals surface area contributed by atoms with Gasteiger partial charge >= 0.3 is 6.03 Å². The van der Waals surface area contributed by atoms with Gasteiger partial charge in [0.05, 0.1) is 18.7 Å². The molecule has 128 valence electrons. The molecule has 1 heterocycles. The van der Waals surface area contributed by atoms with Gasteiger partial charge in [0.15, 0.2) is 0 Å². The zero-order chi connectivity index (χ0) is 17.5. The van der Waals surface area contributed by atoms with Gasteiger partial charge in [-0.1, -0.05) is 12.1 Å². The second kappa shape index (κ2) is 8.29. The Labute approximate surface area is 141 Å². The fourth-order valence-electron chi connectivity index (χ4n) is 2.40. The average Bonchev–Trinajstić information content (AvgIpc) is 2.56. The molecule has 1 aromatic heterocycles. The minimum absolute atomic E-state index is 0.331. The van der Waals surface area contributed by atoms with Crippen LogP contribution in [0.3, 0.4) is 0 Å². The van der Waals surface area contributed by atoms with E-state index in [1.165, 1.54) is 13.2 Å². The summed E-state index contributed by atoms with van der Waals surface area (Å²) in [5, 5.41) is 5.48. The van der Waals surface area contributed by atoms with Gasteiger partial charge in [0.1, 0.15) is 11.6 Å². The van der Waals surface area contributed by atoms with Gasteiger partial charge in [-0.05, 0) is 44.0 Å². The molecule has 0 aliphatic rings. The van der Waals surface area contributed by atoms with E-state index < -0.39 is 11.9 Å². The number of halogens is 1. The van der Waals surface area contributed by atoms with Crippen molar-refractivity contribution in [1.82, 2.24) is 15.6 Å². The maximum atomic E-state index is 14.0. The number of benzene rings is 1. The van der Waals surface area contributed by atoms with Gasteiger partial charge in [0, 0.05) is 18.4 Å². The third-order valence-electron chi connectivity index (χ3n) is 3.69. The van der Waals surface area contributed by atoms with Gasteiger partial charge in [0.2, 0.25) is 0 Å². The van der Waals surface area contributed by atoms with Crippen molar-refractivity contribution in [3.8, 4) is 5.75 Å². The van der Waals surface area contributed by atoms with Crippen LogP contribution in [-0.4, -0.2) is 24.7 Å². The van der Waals surface area contributed by atoms with Crippen LogP contribution in [0.5, 0.6) is 5.75 Å². The van der Waals surface area contributed by atoms with E-state index in [4.69, 9.17) is 4.74 Å². The number of nitrogens with one attached hydrogen (secondary N) is 2. The Kier molecular flexibility index (Phi) is 6.12. The molecule has 6 heteroatoms. The van der Waals surface area contributed by atoms with Crippen molar-refractivity contribution in [1.29, 1.82) is 0 Å². The zero-order valence-electron chi connectivity index (χ0n) is 14.1. The quantitative estimate of drug-likeness (QED) is 0.855. The smallest absolute Gasteiger partial charge is 0.315 e. The lowest BCUT2D eigenvalue weighted by Gasteiger charge is -2.18. The van der Waals surface area contributed by atoms with Crippen LogP contribution in [0.1, 0.15) is 29.8 Å². The molecule has 0 saturated heterocycles. The topological polar surface area (TPSA) is 63.2 Å². The van der Waals surface area contributed by atoms with Crippen molar-refractivity contribution in [2.24, 2.45) is 0 Å². The molecule has 2 amide bonds. The van der Waals surface area contributed by atoms with Crippen molar-refractivity contribution < 1.29 is 13.9 Å². The molecule has 1 atom stereocenters. The lowest BCUT2D eigenvalue weighted by Crippen LogP contribution is -2.38.